The average Bonchev–Trinajstić information content (AvgIpc) is 3.44. The number of furan rings is 2. The summed E-state index contributed by atoms with van der Waals surface area (Å²) in [6.07, 6.45) is 0. The van der Waals surface area contributed by atoms with Gasteiger partial charge in [0.05, 0.1) is 0 Å². The van der Waals surface area contributed by atoms with Crippen LogP contribution in [0.1, 0.15) is 16.3 Å². The zero-order chi connectivity index (χ0) is 21.8. The highest BCUT2D eigenvalue weighted by molar-refractivity contribution is 9.10. The minimum Gasteiger partial charge on any atom is -0.459 e. The van der Waals surface area contributed by atoms with Gasteiger partial charge >= 0.3 is 0 Å². The third kappa shape index (κ3) is 5.11. The first-order valence-electron chi connectivity index (χ1n) is 9.30. The van der Waals surface area contributed by atoms with Gasteiger partial charge in [-0.1, -0.05) is 40.2 Å². The second kappa shape index (κ2) is 9.30. The van der Waals surface area contributed by atoms with Crippen LogP contribution in [0.25, 0.3) is 22.6 Å². The number of hydrogen-bond acceptors (Lipinski definition) is 5. The molecule has 0 radical (unpaired) electrons. The van der Waals surface area contributed by atoms with Crippen LogP contribution in [0.3, 0.4) is 0 Å². The third-order valence-electron chi connectivity index (χ3n) is 4.41. The van der Waals surface area contributed by atoms with Gasteiger partial charge in [-0.25, -0.2) is 0 Å². The maximum absolute atomic E-state index is 12.5. The van der Waals surface area contributed by atoms with E-state index in [0.29, 0.717) is 23.0 Å². The van der Waals surface area contributed by atoms with E-state index < -0.39 is 5.91 Å². The average molecular weight is 497 g/mol. The number of nitrogens with one attached hydrogen (secondary N) is 2. The van der Waals surface area contributed by atoms with Crippen molar-refractivity contribution >= 4 is 44.9 Å². The van der Waals surface area contributed by atoms with Gasteiger partial charge in [0.2, 0.25) is 0 Å². The SMILES string of the molecule is O=C(NC(=S)Nc1cccc(-c2ccc(CO)o2)c1)c1ccc(-c2ccc(Br)cc2)o1. The number of amides is 1. The molecular weight excluding hydrogens is 480 g/mol. The highest BCUT2D eigenvalue weighted by atomic mass is 79.9. The molecule has 0 aliphatic carbocycles. The molecule has 0 unspecified atom stereocenters. The standard InChI is InChI=1S/C23H17BrN2O4S/c24-16-6-4-14(5-7-16)19-10-11-21(30-19)22(28)26-23(31)25-17-3-1-2-15(12-17)20-9-8-18(13-27)29-20/h1-12,27H,13H2,(H2,25,26,28,31). The second-order valence-corrected chi connectivity index (χ2v) is 7.91. The quantitative estimate of drug-likeness (QED) is 0.312. The number of carbonyl (C=O) groups excluding carboxylic acids is 1. The van der Waals surface area contributed by atoms with Crippen LogP contribution in [-0.4, -0.2) is 16.1 Å². The molecule has 2 aromatic carbocycles. The lowest BCUT2D eigenvalue weighted by atomic mass is 10.1. The smallest absolute Gasteiger partial charge is 0.293 e. The molecule has 156 valence electrons. The Balaban J connectivity index is 1.40. The van der Waals surface area contributed by atoms with Gasteiger partial charge in [0, 0.05) is 21.3 Å². The zero-order valence-electron chi connectivity index (χ0n) is 16.1. The van der Waals surface area contributed by atoms with Crippen molar-refractivity contribution in [1.29, 1.82) is 0 Å². The predicted octanol–water partition coefficient (Wildman–Crippen LogP) is 5.59. The summed E-state index contributed by atoms with van der Waals surface area (Å²) in [5, 5.41) is 14.9. The summed E-state index contributed by atoms with van der Waals surface area (Å²) in [4.78, 5) is 12.5. The van der Waals surface area contributed by atoms with Crippen molar-refractivity contribution in [2.75, 3.05) is 5.32 Å². The fourth-order valence-electron chi connectivity index (χ4n) is 2.92. The van der Waals surface area contributed by atoms with Crippen molar-refractivity contribution in [2.45, 2.75) is 6.61 Å². The van der Waals surface area contributed by atoms with Gasteiger partial charge in [0.15, 0.2) is 10.9 Å². The molecule has 2 aromatic heterocycles. The van der Waals surface area contributed by atoms with Gasteiger partial charge in [-0.3, -0.25) is 10.1 Å². The van der Waals surface area contributed by atoms with E-state index in [1.54, 1.807) is 24.3 Å². The Bertz CT molecular complexity index is 1230. The van der Waals surface area contributed by atoms with Crippen LogP contribution >= 0.6 is 28.1 Å². The maximum atomic E-state index is 12.5. The summed E-state index contributed by atoms with van der Waals surface area (Å²) in [6, 6.07) is 21.8. The molecule has 8 heteroatoms. The van der Waals surface area contributed by atoms with Crippen LogP contribution in [-0.2, 0) is 6.61 Å². The molecule has 4 rings (SSSR count). The van der Waals surface area contributed by atoms with Crippen LogP contribution in [0.2, 0.25) is 0 Å². The maximum Gasteiger partial charge on any atom is 0.293 e. The van der Waals surface area contributed by atoms with E-state index in [2.05, 4.69) is 26.6 Å². The molecule has 3 N–H and O–H groups in total. The van der Waals surface area contributed by atoms with Crippen LogP contribution in [0, 0.1) is 0 Å². The lowest BCUT2D eigenvalue weighted by Crippen LogP contribution is -2.33. The van der Waals surface area contributed by atoms with Gasteiger partial charge in [0.1, 0.15) is 23.9 Å². The fourth-order valence-corrected chi connectivity index (χ4v) is 3.40. The van der Waals surface area contributed by atoms with Gasteiger partial charge in [0.25, 0.3) is 5.91 Å². The van der Waals surface area contributed by atoms with Crippen molar-refractivity contribution in [2.24, 2.45) is 0 Å². The summed E-state index contributed by atoms with van der Waals surface area (Å²) in [5.74, 6) is 1.40. The summed E-state index contributed by atoms with van der Waals surface area (Å²) < 4.78 is 12.2. The molecule has 0 spiro atoms. The largest absolute Gasteiger partial charge is 0.459 e. The van der Waals surface area contributed by atoms with E-state index in [1.165, 1.54) is 0 Å². The molecule has 2 heterocycles. The molecule has 6 nitrogen and oxygen atoms in total. The Kier molecular flexibility index (Phi) is 6.31. The van der Waals surface area contributed by atoms with Crippen LogP contribution in [0.5, 0.6) is 0 Å². The first kappa shape index (κ1) is 21.0. The summed E-state index contributed by atoms with van der Waals surface area (Å²) >= 11 is 8.65. The normalized spacial score (nSPS) is 10.6. The molecule has 0 fully saturated rings. The molecule has 0 saturated carbocycles. The van der Waals surface area contributed by atoms with Crippen molar-refractivity contribution in [3.63, 3.8) is 0 Å². The van der Waals surface area contributed by atoms with E-state index >= 15 is 0 Å². The van der Waals surface area contributed by atoms with E-state index in [4.69, 9.17) is 26.2 Å². The number of hydrogen-bond donors (Lipinski definition) is 3. The van der Waals surface area contributed by atoms with Crippen molar-refractivity contribution in [1.82, 2.24) is 5.32 Å². The number of thiocarbonyl (C=S) groups is 1. The van der Waals surface area contributed by atoms with E-state index in [-0.39, 0.29) is 17.5 Å². The summed E-state index contributed by atoms with van der Waals surface area (Å²) in [5.41, 5.74) is 2.35. The van der Waals surface area contributed by atoms with Crippen molar-refractivity contribution in [3.8, 4) is 22.6 Å². The number of rotatable bonds is 5. The Labute approximate surface area is 192 Å². The Morgan fingerprint density at radius 3 is 2.42 bits per heavy atom. The van der Waals surface area contributed by atoms with Crippen LogP contribution < -0.4 is 10.6 Å². The number of benzene rings is 2. The van der Waals surface area contributed by atoms with Crippen molar-refractivity contribution < 1.29 is 18.7 Å². The number of anilines is 1. The Morgan fingerprint density at radius 2 is 1.68 bits per heavy atom. The third-order valence-corrected chi connectivity index (χ3v) is 5.14. The molecule has 0 bridgehead atoms. The highest BCUT2D eigenvalue weighted by Crippen LogP contribution is 2.26. The van der Waals surface area contributed by atoms with Crippen LogP contribution in [0.4, 0.5) is 5.69 Å². The highest BCUT2D eigenvalue weighted by Gasteiger charge is 2.14. The summed E-state index contributed by atoms with van der Waals surface area (Å²) in [6.45, 7) is -0.162. The van der Waals surface area contributed by atoms with E-state index in [0.717, 1.165) is 15.6 Å². The first-order chi connectivity index (χ1) is 15.0. The lowest BCUT2D eigenvalue weighted by Gasteiger charge is -2.09. The van der Waals surface area contributed by atoms with Gasteiger partial charge in [-0.2, -0.15) is 0 Å². The Morgan fingerprint density at radius 1 is 0.935 bits per heavy atom. The molecule has 0 saturated heterocycles. The van der Waals surface area contributed by atoms with E-state index in [1.807, 2.05) is 48.5 Å². The lowest BCUT2D eigenvalue weighted by molar-refractivity contribution is 0.0951. The number of aliphatic hydroxyl groups excluding tert-OH is 1. The molecule has 31 heavy (non-hydrogen) atoms. The number of halogens is 1. The fraction of sp³-hybridized carbons (Fsp3) is 0.0435. The molecule has 1 amide bonds. The molecule has 0 aliphatic heterocycles. The Hall–Kier alpha value is -3.20. The minimum absolute atomic E-state index is 0.138. The van der Waals surface area contributed by atoms with Gasteiger partial charge < -0.3 is 19.3 Å². The monoisotopic (exact) mass is 496 g/mol. The topological polar surface area (TPSA) is 87.6 Å². The zero-order valence-corrected chi connectivity index (χ0v) is 18.5. The van der Waals surface area contributed by atoms with Crippen LogP contribution in [0.15, 0.2) is 86.1 Å². The predicted molar refractivity (Wildman–Crippen MR) is 126 cm³/mol. The van der Waals surface area contributed by atoms with Gasteiger partial charge in [-0.15, -0.1) is 0 Å². The summed E-state index contributed by atoms with van der Waals surface area (Å²) in [7, 11) is 0. The van der Waals surface area contributed by atoms with Crippen molar-refractivity contribution in [3.05, 3.63) is 88.8 Å². The van der Waals surface area contributed by atoms with E-state index in [9.17, 15) is 4.79 Å². The molecule has 4 aromatic rings. The number of carbonyl (C=O) groups is 1. The first-order valence-corrected chi connectivity index (χ1v) is 10.5. The molecule has 0 aliphatic rings. The second-order valence-electron chi connectivity index (χ2n) is 6.58. The molecule has 0 atom stereocenters. The molecular formula is C23H17BrN2O4S. The van der Waals surface area contributed by atoms with Gasteiger partial charge in [-0.05, 0) is 60.7 Å². The number of aliphatic hydroxyl groups is 1. The minimum atomic E-state index is -0.448.